The topological polar surface area (TPSA) is 66.5 Å². The number of anilines is 1. The van der Waals surface area contributed by atoms with Crippen LogP contribution in [0.25, 0.3) is 11.3 Å². The number of ether oxygens (including phenoxy) is 2. The van der Waals surface area contributed by atoms with Gasteiger partial charge >= 0.3 is 0 Å². The molecule has 0 atom stereocenters. The van der Waals surface area contributed by atoms with E-state index in [2.05, 4.69) is 0 Å². The summed E-state index contributed by atoms with van der Waals surface area (Å²) in [7, 11) is 3.19. The summed E-state index contributed by atoms with van der Waals surface area (Å²) in [5, 5.41) is 0. The van der Waals surface area contributed by atoms with E-state index in [4.69, 9.17) is 15.2 Å². The highest BCUT2D eigenvalue weighted by molar-refractivity contribution is 5.66. The highest BCUT2D eigenvalue weighted by atomic mass is 16.5. The smallest absolute Gasteiger partial charge is 0.274 e. The normalized spacial score (nSPS) is 14.0. The lowest BCUT2D eigenvalue weighted by Crippen LogP contribution is -2.23. The molecule has 0 aliphatic heterocycles. The predicted molar refractivity (Wildman–Crippen MR) is 81.9 cm³/mol. The van der Waals surface area contributed by atoms with Gasteiger partial charge in [0.25, 0.3) is 5.56 Å². The molecule has 0 unspecified atom stereocenters. The number of nitrogen functional groups attached to an aromatic ring is 1. The maximum Gasteiger partial charge on any atom is 0.274 e. The predicted octanol–water partition coefficient (Wildman–Crippen LogP) is 2.45. The van der Waals surface area contributed by atoms with E-state index >= 15 is 0 Å². The first-order valence-electron chi connectivity index (χ1n) is 6.89. The molecule has 1 saturated carbocycles. The Morgan fingerprint density at radius 2 is 1.81 bits per heavy atom. The fourth-order valence-electron chi connectivity index (χ4n) is 2.49. The number of benzene rings is 1. The Balaban J connectivity index is 2.17. The SMILES string of the molecule is COc1ccc(-c2ccc(N)c(=O)n2C2CC2)cc1OC. The minimum absolute atomic E-state index is 0.121. The molecule has 0 spiro atoms. The molecule has 1 aliphatic carbocycles. The lowest BCUT2D eigenvalue weighted by atomic mass is 10.1. The lowest BCUT2D eigenvalue weighted by molar-refractivity contribution is 0.355. The molecule has 110 valence electrons. The van der Waals surface area contributed by atoms with Crippen LogP contribution >= 0.6 is 0 Å². The molecule has 0 bridgehead atoms. The molecule has 2 aromatic rings. The van der Waals surface area contributed by atoms with Gasteiger partial charge in [0.05, 0.1) is 25.6 Å². The first-order valence-corrected chi connectivity index (χ1v) is 6.89. The zero-order chi connectivity index (χ0) is 15.0. The Morgan fingerprint density at radius 3 is 2.43 bits per heavy atom. The van der Waals surface area contributed by atoms with Crippen LogP contribution in [0.1, 0.15) is 18.9 Å². The number of rotatable bonds is 4. The highest BCUT2D eigenvalue weighted by Crippen LogP contribution is 2.39. The second-order valence-corrected chi connectivity index (χ2v) is 5.15. The molecular weight excluding hydrogens is 268 g/mol. The van der Waals surface area contributed by atoms with Crippen LogP contribution in [-0.2, 0) is 0 Å². The van der Waals surface area contributed by atoms with Crippen molar-refractivity contribution in [3.8, 4) is 22.8 Å². The van der Waals surface area contributed by atoms with Gasteiger partial charge in [-0.3, -0.25) is 4.79 Å². The summed E-state index contributed by atoms with van der Waals surface area (Å²) >= 11 is 0. The van der Waals surface area contributed by atoms with Crippen LogP contribution in [-0.4, -0.2) is 18.8 Å². The monoisotopic (exact) mass is 286 g/mol. The third kappa shape index (κ3) is 2.35. The van der Waals surface area contributed by atoms with E-state index in [-0.39, 0.29) is 17.3 Å². The van der Waals surface area contributed by atoms with Crippen LogP contribution < -0.4 is 20.8 Å². The molecule has 5 nitrogen and oxygen atoms in total. The van der Waals surface area contributed by atoms with Gasteiger partial charge in [-0.25, -0.2) is 0 Å². The van der Waals surface area contributed by atoms with Gasteiger partial charge in [0.15, 0.2) is 11.5 Å². The largest absolute Gasteiger partial charge is 0.493 e. The molecule has 1 heterocycles. The lowest BCUT2D eigenvalue weighted by Gasteiger charge is -2.15. The summed E-state index contributed by atoms with van der Waals surface area (Å²) < 4.78 is 12.4. The van der Waals surface area contributed by atoms with Crippen molar-refractivity contribution in [3.05, 3.63) is 40.7 Å². The molecule has 0 radical (unpaired) electrons. The standard InChI is InChI=1S/C16H18N2O3/c1-20-14-8-3-10(9-15(14)21-2)13-7-6-12(17)16(19)18(13)11-4-5-11/h3,6-9,11H,4-5,17H2,1-2H3. The van der Waals surface area contributed by atoms with Crippen LogP contribution in [0.3, 0.4) is 0 Å². The van der Waals surface area contributed by atoms with Gasteiger partial charge in [0, 0.05) is 11.6 Å². The first-order chi connectivity index (χ1) is 10.2. The average molecular weight is 286 g/mol. The zero-order valence-corrected chi connectivity index (χ0v) is 12.1. The zero-order valence-electron chi connectivity index (χ0n) is 12.1. The molecule has 0 amide bonds. The van der Waals surface area contributed by atoms with Crippen LogP contribution in [0.4, 0.5) is 5.69 Å². The van der Waals surface area contributed by atoms with Gasteiger partial charge in [-0.15, -0.1) is 0 Å². The first kappa shape index (κ1) is 13.5. The molecule has 1 fully saturated rings. The molecule has 21 heavy (non-hydrogen) atoms. The van der Waals surface area contributed by atoms with Crippen LogP contribution in [0.5, 0.6) is 11.5 Å². The second kappa shape index (κ2) is 5.16. The van der Waals surface area contributed by atoms with E-state index in [1.807, 2.05) is 24.3 Å². The maximum absolute atomic E-state index is 12.3. The van der Waals surface area contributed by atoms with Gasteiger partial charge in [-0.2, -0.15) is 0 Å². The molecule has 2 N–H and O–H groups in total. The molecule has 1 aliphatic rings. The van der Waals surface area contributed by atoms with Crippen LogP contribution in [0.15, 0.2) is 35.1 Å². The van der Waals surface area contributed by atoms with E-state index in [0.717, 1.165) is 24.1 Å². The Morgan fingerprint density at radius 1 is 1.10 bits per heavy atom. The molecular formula is C16H18N2O3. The van der Waals surface area contributed by atoms with E-state index in [1.54, 1.807) is 24.9 Å². The number of hydrogen-bond acceptors (Lipinski definition) is 4. The van der Waals surface area contributed by atoms with E-state index in [9.17, 15) is 4.79 Å². The summed E-state index contributed by atoms with van der Waals surface area (Å²) in [5.41, 5.74) is 7.69. The van der Waals surface area contributed by atoms with Crippen LogP contribution in [0, 0.1) is 0 Å². The summed E-state index contributed by atoms with van der Waals surface area (Å²) in [4.78, 5) is 12.3. The quantitative estimate of drug-likeness (QED) is 0.937. The number of aromatic nitrogens is 1. The third-order valence-electron chi connectivity index (χ3n) is 3.74. The van der Waals surface area contributed by atoms with Gasteiger partial charge in [0.1, 0.15) is 0 Å². The van der Waals surface area contributed by atoms with Crippen molar-refractivity contribution in [2.75, 3.05) is 20.0 Å². The number of hydrogen-bond donors (Lipinski definition) is 1. The summed E-state index contributed by atoms with van der Waals surface area (Å²) in [6.07, 6.45) is 2.04. The average Bonchev–Trinajstić information content (AvgIpc) is 3.33. The fraction of sp³-hybridized carbons (Fsp3) is 0.312. The maximum atomic E-state index is 12.3. The van der Waals surface area contributed by atoms with Gasteiger partial charge in [-0.1, -0.05) is 0 Å². The van der Waals surface area contributed by atoms with Gasteiger partial charge in [0.2, 0.25) is 0 Å². The molecule has 1 aromatic heterocycles. The van der Waals surface area contributed by atoms with E-state index in [1.165, 1.54) is 0 Å². The highest BCUT2D eigenvalue weighted by Gasteiger charge is 2.27. The van der Waals surface area contributed by atoms with Crippen molar-refractivity contribution in [3.63, 3.8) is 0 Å². The minimum Gasteiger partial charge on any atom is -0.493 e. The van der Waals surface area contributed by atoms with E-state index in [0.29, 0.717) is 11.5 Å². The van der Waals surface area contributed by atoms with Crippen molar-refractivity contribution < 1.29 is 9.47 Å². The van der Waals surface area contributed by atoms with Gasteiger partial charge < -0.3 is 19.8 Å². The third-order valence-corrected chi connectivity index (χ3v) is 3.74. The van der Waals surface area contributed by atoms with Crippen molar-refractivity contribution in [1.82, 2.24) is 4.57 Å². The molecule has 0 saturated heterocycles. The Kier molecular flexibility index (Phi) is 3.33. The fourth-order valence-corrected chi connectivity index (χ4v) is 2.49. The van der Waals surface area contributed by atoms with E-state index < -0.39 is 0 Å². The minimum atomic E-state index is -0.121. The van der Waals surface area contributed by atoms with Crippen molar-refractivity contribution >= 4 is 5.69 Å². The Hall–Kier alpha value is -2.43. The second-order valence-electron chi connectivity index (χ2n) is 5.15. The van der Waals surface area contributed by atoms with Crippen molar-refractivity contribution in [2.45, 2.75) is 18.9 Å². The molecule has 3 rings (SSSR count). The molecule has 5 heteroatoms. The summed E-state index contributed by atoms with van der Waals surface area (Å²) in [6.45, 7) is 0. The number of pyridine rings is 1. The Bertz CT molecular complexity index is 733. The van der Waals surface area contributed by atoms with Crippen molar-refractivity contribution in [1.29, 1.82) is 0 Å². The summed E-state index contributed by atoms with van der Waals surface area (Å²) in [6, 6.07) is 9.44. The summed E-state index contributed by atoms with van der Waals surface area (Å²) in [5.74, 6) is 1.30. The van der Waals surface area contributed by atoms with Crippen molar-refractivity contribution in [2.24, 2.45) is 0 Å². The number of nitrogens with two attached hydrogens (primary N) is 1. The van der Waals surface area contributed by atoms with Crippen LogP contribution in [0.2, 0.25) is 0 Å². The number of methoxy groups -OCH3 is 2. The Labute approximate surface area is 122 Å². The molecule has 1 aromatic carbocycles. The number of nitrogens with zero attached hydrogens (tertiary/aromatic N) is 1. The van der Waals surface area contributed by atoms with Gasteiger partial charge in [-0.05, 0) is 43.2 Å².